The third-order valence-corrected chi connectivity index (χ3v) is 3.17. The molecule has 0 aliphatic carbocycles. The largest absolute Gasteiger partial charge is 0.496 e. The molecular weight excluding hydrogens is 226 g/mol. The van der Waals surface area contributed by atoms with Gasteiger partial charge in [0, 0.05) is 12.1 Å². The summed E-state index contributed by atoms with van der Waals surface area (Å²) in [5, 5.41) is 0. The predicted molar refractivity (Wildman–Crippen MR) is 75.0 cm³/mol. The molecule has 0 aliphatic heterocycles. The maximum Gasteiger partial charge on any atom is 0.127 e. The van der Waals surface area contributed by atoms with E-state index >= 15 is 0 Å². The van der Waals surface area contributed by atoms with Crippen molar-refractivity contribution < 1.29 is 9.57 Å². The van der Waals surface area contributed by atoms with E-state index in [1.54, 1.807) is 14.2 Å². The lowest BCUT2D eigenvalue weighted by molar-refractivity contribution is 0.0858. The lowest BCUT2D eigenvalue weighted by Crippen LogP contribution is -2.15. The molecule has 1 aromatic carbocycles. The topological polar surface area (TPSA) is 30.5 Å². The van der Waals surface area contributed by atoms with E-state index in [0.717, 1.165) is 5.75 Å². The van der Waals surface area contributed by atoms with Crippen LogP contribution in [0.4, 0.5) is 0 Å². The van der Waals surface area contributed by atoms with E-state index in [0.29, 0.717) is 18.4 Å². The highest BCUT2D eigenvalue weighted by Crippen LogP contribution is 2.35. The molecule has 1 aromatic rings. The van der Waals surface area contributed by atoms with Gasteiger partial charge >= 0.3 is 0 Å². The van der Waals surface area contributed by atoms with Crippen molar-refractivity contribution in [1.29, 1.82) is 0 Å². The number of nitrogens with one attached hydrogen (secondary N) is 1. The first-order valence-corrected chi connectivity index (χ1v) is 6.48. The van der Waals surface area contributed by atoms with Crippen LogP contribution in [0.15, 0.2) is 12.1 Å². The molecule has 1 rings (SSSR count). The van der Waals surface area contributed by atoms with Crippen molar-refractivity contribution in [1.82, 2.24) is 5.48 Å². The highest BCUT2D eigenvalue weighted by molar-refractivity contribution is 5.49. The minimum atomic E-state index is 0.447. The quantitative estimate of drug-likeness (QED) is 0.784. The first-order chi connectivity index (χ1) is 8.52. The molecule has 0 saturated heterocycles. The van der Waals surface area contributed by atoms with Crippen LogP contribution in [0.25, 0.3) is 0 Å². The molecule has 18 heavy (non-hydrogen) atoms. The first kappa shape index (κ1) is 15.0. The summed E-state index contributed by atoms with van der Waals surface area (Å²) in [5.74, 6) is 1.90. The lowest BCUT2D eigenvalue weighted by Gasteiger charge is -2.21. The molecule has 1 N–H and O–H groups in total. The van der Waals surface area contributed by atoms with E-state index in [4.69, 9.17) is 9.57 Å². The van der Waals surface area contributed by atoms with Gasteiger partial charge in [0.05, 0.1) is 14.2 Å². The zero-order chi connectivity index (χ0) is 13.7. The molecule has 0 unspecified atom stereocenters. The monoisotopic (exact) mass is 251 g/mol. The second kappa shape index (κ2) is 6.76. The van der Waals surface area contributed by atoms with Crippen LogP contribution in [0, 0.1) is 0 Å². The lowest BCUT2D eigenvalue weighted by atomic mass is 9.90. The normalized spacial score (nSPS) is 11.3. The number of ether oxygens (including phenoxy) is 1. The van der Waals surface area contributed by atoms with Gasteiger partial charge in [0.2, 0.25) is 0 Å². The fourth-order valence-corrected chi connectivity index (χ4v) is 2.22. The molecule has 0 saturated carbocycles. The van der Waals surface area contributed by atoms with E-state index < -0.39 is 0 Å². The molecule has 102 valence electrons. The smallest absolute Gasteiger partial charge is 0.127 e. The van der Waals surface area contributed by atoms with Crippen LogP contribution in [0.2, 0.25) is 0 Å². The van der Waals surface area contributed by atoms with Crippen molar-refractivity contribution in [3.05, 3.63) is 28.8 Å². The van der Waals surface area contributed by atoms with Gasteiger partial charge in [-0.25, -0.2) is 0 Å². The Morgan fingerprint density at radius 2 is 1.56 bits per heavy atom. The van der Waals surface area contributed by atoms with Gasteiger partial charge in [-0.3, -0.25) is 0 Å². The Morgan fingerprint density at radius 3 is 2.00 bits per heavy atom. The highest BCUT2D eigenvalue weighted by atomic mass is 16.6. The molecule has 0 heterocycles. The SMILES string of the molecule is CONCc1c(C(C)C)ccc(C(C)C)c1OC. The van der Waals surface area contributed by atoms with E-state index in [-0.39, 0.29) is 0 Å². The molecular formula is C15H25NO2. The van der Waals surface area contributed by atoms with E-state index in [1.165, 1.54) is 16.7 Å². The second-order valence-corrected chi connectivity index (χ2v) is 5.09. The Hall–Kier alpha value is -1.06. The van der Waals surface area contributed by atoms with Gasteiger partial charge in [0.1, 0.15) is 5.75 Å². The molecule has 0 radical (unpaired) electrons. The second-order valence-electron chi connectivity index (χ2n) is 5.09. The zero-order valence-corrected chi connectivity index (χ0v) is 12.3. The molecule has 0 bridgehead atoms. The number of hydrogen-bond acceptors (Lipinski definition) is 3. The van der Waals surface area contributed by atoms with Gasteiger partial charge in [-0.05, 0) is 23.0 Å². The summed E-state index contributed by atoms with van der Waals surface area (Å²) in [6, 6.07) is 4.38. The highest BCUT2D eigenvalue weighted by Gasteiger charge is 2.17. The standard InChI is InChI=1S/C15H25NO2/c1-10(2)12-7-8-13(11(3)4)15(17-5)14(12)9-16-18-6/h7-8,10-11,16H,9H2,1-6H3. The molecule has 0 aliphatic rings. The Bertz CT molecular complexity index is 386. The number of hydrogen-bond donors (Lipinski definition) is 1. The van der Waals surface area contributed by atoms with Crippen molar-refractivity contribution in [3.63, 3.8) is 0 Å². The zero-order valence-electron chi connectivity index (χ0n) is 12.3. The minimum Gasteiger partial charge on any atom is -0.496 e. The summed E-state index contributed by atoms with van der Waals surface area (Å²) < 4.78 is 5.63. The van der Waals surface area contributed by atoms with Crippen molar-refractivity contribution in [2.45, 2.75) is 46.1 Å². The molecule has 0 amide bonds. The van der Waals surface area contributed by atoms with Gasteiger partial charge < -0.3 is 9.57 Å². The van der Waals surface area contributed by atoms with E-state index in [9.17, 15) is 0 Å². The maximum atomic E-state index is 5.63. The van der Waals surface area contributed by atoms with Crippen LogP contribution in [0.1, 0.15) is 56.2 Å². The predicted octanol–water partition coefficient (Wildman–Crippen LogP) is 3.59. The van der Waals surface area contributed by atoms with Gasteiger partial charge in [0.25, 0.3) is 0 Å². The third-order valence-electron chi connectivity index (χ3n) is 3.17. The van der Waals surface area contributed by atoms with Crippen molar-refractivity contribution >= 4 is 0 Å². The summed E-state index contributed by atoms with van der Waals surface area (Å²) >= 11 is 0. The van der Waals surface area contributed by atoms with Crippen LogP contribution < -0.4 is 10.2 Å². The van der Waals surface area contributed by atoms with Gasteiger partial charge in [-0.2, -0.15) is 5.48 Å². The molecule has 3 heteroatoms. The summed E-state index contributed by atoms with van der Waals surface area (Å²) in [6.07, 6.45) is 0. The molecule has 0 atom stereocenters. The van der Waals surface area contributed by atoms with Crippen LogP contribution in [0.3, 0.4) is 0 Å². The maximum absolute atomic E-state index is 5.63. The average molecular weight is 251 g/mol. The van der Waals surface area contributed by atoms with Crippen LogP contribution in [0.5, 0.6) is 5.75 Å². The minimum absolute atomic E-state index is 0.447. The van der Waals surface area contributed by atoms with Gasteiger partial charge in [-0.15, -0.1) is 0 Å². The van der Waals surface area contributed by atoms with Gasteiger partial charge in [-0.1, -0.05) is 39.8 Å². The summed E-state index contributed by atoms with van der Waals surface area (Å²) in [5.41, 5.74) is 6.67. The van der Waals surface area contributed by atoms with Crippen molar-refractivity contribution in [2.24, 2.45) is 0 Å². The summed E-state index contributed by atoms with van der Waals surface area (Å²) in [7, 11) is 3.37. The van der Waals surface area contributed by atoms with Crippen LogP contribution in [-0.2, 0) is 11.4 Å². The fourth-order valence-electron chi connectivity index (χ4n) is 2.22. The molecule has 0 spiro atoms. The Balaban J connectivity index is 3.31. The average Bonchev–Trinajstić information content (AvgIpc) is 2.34. The van der Waals surface area contributed by atoms with Gasteiger partial charge in [0.15, 0.2) is 0 Å². The number of methoxy groups -OCH3 is 1. The number of hydroxylamine groups is 1. The number of benzene rings is 1. The fraction of sp³-hybridized carbons (Fsp3) is 0.600. The van der Waals surface area contributed by atoms with Crippen molar-refractivity contribution in [3.8, 4) is 5.75 Å². The van der Waals surface area contributed by atoms with Crippen LogP contribution >= 0.6 is 0 Å². The summed E-state index contributed by atoms with van der Waals surface area (Å²) in [4.78, 5) is 4.97. The third kappa shape index (κ3) is 3.24. The summed E-state index contributed by atoms with van der Waals surface area (Å²) in [6.45, 7) is 9.41. The molecule has 0 fully saturated rings. The van der Waals surface area contributed by atoms with Crippen molar-refractivity contribution in [2.75, 3.05) is 14.2 Å². The Labute approximate surface area is 110 Å². The Morgan fingerprint density at radius 1 is 1.00 bits per heavy atom. The first-order valence-electron chi connectivity index (χ1n) is 6.48. The van der Waals surface area contributed by atoms with E-state index in [2.05, 4.69) is 45.3 Å². The molecule has 0 aromatic heterocycles. The molecule has 3 nitrogen and oxygen atoms in total. The van der Waals surface area contributed by atoms with Crippen LogP contribution in [-0.4, -0.2) is 14.2 Å². The Kier molecular flexibility index (Phi) is 5.63. The van der Waals surface area contributed by atoms with E-state index in [1.807, 2.05) is 0 Å². The number of rotatable bonds is 6.